The molecule has 2 heterocycles. The monoisotopic (exact) mass is 369 g/mol. The number of hydrogen-bond donors (Lipinski definition) is 1. The van der Waals surface area contributed by atoms with Crippen molar-refractivity contribution in [1.29, 1.82) is 0 Å². The molecule has 0 atom stereocenters. The van der Waals surface area contributed by atoms with Crippen molar-refractivity contribution in [2.24, 2.45) is 0 Å². The lowest BCUT2D eigenvalue weighted by Gasteiger charge is -2.30. The molecule has 1 N–H and O–H groups in total. The molecule has 142 valence electrons. The number of fused-ring (bicyclic) bond motifs is 1. The minimum Gasteiger partial charge on any atom is -0.486 e. The highest BCUT2D eigenvalue weighted by atomic mass is 16.6. The zero-order chi connectivity index (χ0) is 18.8. The highest BCUT2D eigenvalue weighted by molar-refractivity contribution is 5.98. The van der Waals surface area contributed by atoms with Crippen molar-refractivity contribution >= 4 is 5.91 Å². The molecule has 1 aromatic carbocycles. The Balaban J connectivity index is 1.40. The summed E-state index contributed by atoms with van der Waals surface area (Å²) >= 11 is 0. The van der Waals surface area contributed by atoms with Crippen molar-refractivity contribution in [3.8, 4) is 11.5 Å². The van der Waals surface area contributed by atoms with E-state index in [4.69, 9.17) is 9.47 Å². The zero-order valence-corrected chi connectivity index (χ0v) is 15.3. The van der Waals surface area contributed by atoms with Crippen LogP contribution in [0.1, 0.15) is 47.8 Å². The average molecular weight is 369 g/mol. The lowest BCUT2D eigenvalue weighted by molar-refractivity contribution is 0.0910. The van der Waals surface area contributed by atoms with Gasteiger partial charge in [0.25, 0.3) is 11.5 Å². The summed E-state index contributed by atoms with van der Waals surface area (Å²) in [4.78, 5) is 24.8. The van der Waals surface area contributed by atoms with Gasteiger partial charge in [-0.05, 0) is 50.8 Å². The normalized spacial score (nSPS) is 21.5. The Hall–Kier alpha value is -2.83. The van der Waals surface area contributed by atoms with Crippen LogP contribution in [0.25, 0.3) is 0 Å². The fourth-order valence-electron chi connectivity index (χ4n) is 3.76. The largest absolute Gasteiger partial charge is 0.486 e. The van der Waals surface area contributed by atoms with Crippen LogP contribution in [0.3, 0.4) is 0 Å². The summed E-state index contributed by atoms with van der Waals surface area (Å²) in [6.45, 7) is 2.82. The van der Waals surface area contributed by atoms with E-state index in [1.165, 1.54) is 0 Å². The van der Waals surface area contributed by atoms with Gasteiger partial charge in [0.05, 0.1) is 17.3 Å². The van der Waals surface area contributed by atoms with E-state index >= 15 is 0 Å². The number of carbonyl (C=O) groups excluding carboxylic acids is 1. The molecular weight excluding hydrogens is 346 g/mol. The van der Waals surface area contributed by atoms with E-state index in [0.29, 0.717) is 30.3 Å². The van der Waals surface area contributed by atoms with Gasteiger partial charge in [0.2, 0.25) is 0 Å². The predicted octanol–water partition coefficient (Wildman–Crippen LogP) is 2.24. The average Bonchev–Trinajstić information content (AvgIpc) is 2.70. The molecule has 1 aromatic heterocycles. The van der Waals surface area contributed by atoms with E-state index in [-0.39, 0.29) is 23.6 Å². The Morgan fingerprint density at radius 3 is 2.70 bits per heavy atom. The number of aryl methyl sites for hydroxylation is 1. The molecular formula is C20H23N3O4. The molecule has 2 aliphatic rings. The van der Waals surface area contributed by atoms with Gasteiger partial charge in [-0.1, -0.05) is 6.07 Å². The van der Waals surface area contributed by atoms with Crippen LogP contribution >= 0.6 is 0 Å². The molecule has 7 heteroatoms. The van der Waals surface area contributed by atoms with E-state index in [1.807, 2.05) is 13.0 Å². The van der Waals surface area contributed by atoms with Gasteiger partial charge in [0.1, 0.15) is 13.2 Å². The molecule has 7 nitrogen and oxygen atoms in total. The Morgan fingerprint density at radius 2 is 1.89 bits per heavy atom. The first-order chi connectivity index (χ1) is 13.1. The summed E-state index contributed by atoms with van der Waals surface area (Å²) in [7, 11) is 0. The van der Waals surface area contributed by atoms with Crippen LogP contribution in [0.5, 0.6) is 11.5 Å². The molecule has 0 saturated heterocycles. The second kappa shape index (κ2) is 7.42. The summed E-state index contributed by atoms with van der Waals surface area (Å²) in [5.41, 5.74) is 1.27. The number of benzene rings is 1. The van der Waals surface area contributed by atoms with Gasteiger partial charge >= 0.3 is 0 Å². The van der Waals surface area contributed by atoms with E-state index in [9.17, 15) is 9.59 Å². The van der Waals surface area contributed by atoms with E-state index in [0.717, 1.165) is 31.4 Å². The van der Waals surface area contributed by atoms with Gasteiger partial charge in [-0.25, -0.2) is 4.68 Å². The Morgan fingerprint density at radius 1 is 1.11 bits per heavy atom. The van der Waals surface area contributed by atoms with E-state index < -0.39 is 0 Å². The lowest BCUT2D eigenvalue weighted by atomic mass is 9.91. The van der Waals surface area contributed by atoms with Crippen molar-refractivity contribution in [3.63, 3.8) is 0 Å². The third-order valence-corrected chi connectivity index (χ3v) is 5.15. The number of nitrogens with one attached hydrogen (secondary N) is 1. The molecule has 4 rings (SSSR count). The molecule has 1 fully saturated rings. The van der Waals surface area contributed by atoms with E-state index in [2.05, 4.69) is 10.4 Å². The molecule has 1 aliphatic carbocycles. The topological polar surface area (TPSA) is 82.5 Å². The number of rotatable bonds is 3. The smallest absolute Gasteiger partial charge is 0.267 e. The Bertz CT molecular complexity index is 900. The third-order valence-electron chi connectivity index (χ3n) is 5.15. The molecule has 1 amide bonds. The van der Waals surface area contributed by atoms with E-state index in [1.54, 1.807) is 28.9 Å². The Labute approximate surface area is 157 Å². The number of aromatic nitrogens is 2. The first-order valence-electron chi connectivity index (χ1n) is 9.38. The van der Waals surface area contributed by atoms with Crippen LogP contribution in [0, 0.1) is 6.92 Å². The van der Waals surface area contributed by atoms with Gasteiger partial charge in [0.15, 0.2) is 11.5 Å². The third kappa shape index (κ3) is 3.67. The molecule has 27 heavy (non-hydrogen) atoms. The molecule has 2 aromatic rings. The van der Waals surface area contributed by atoms with Crippen LogP contribution in [0.4, 0.5) is 0 Å². The standard InChI is InChI=1S/C20H23N3O4/c1-13-5-10-18(24)23(22-13)15-8-6-14(7-9-15)21-20(25)16-3-2-4-17-19(16)27-12-11-26-17/h2-5,10,14-15H,6-9,11-12H2,1H3,(H,21,25). The van der Waals surface area contributed by atoms with Crippen LogP contribution in [-0.4, -0.2) is 34.9 Å². The summed E-state index contributed by atoms with van der Waals surface area (Å²) in [5.74, 6) is 0.986. The second-order valence-electron chi connectivity index (χ2n) is 7.07. The first kappa shape index (κ1) is 17.6. The SMILES string of the molecule is Cc1ccc(=O)n(C2CCC(NC(=O)c3cccc4c3OCCO4)CC2)n1. The number of ether oxygens (including phenoxy) is 2. The fourth-order valence-corrected chi connectivity index (χ4v) is 3.76. The fraction of sp³-hybridized carbons (Fsp3) is 0.450. The van der Waals surface area contributed by atoms with Gasteiger partial charge in [-0.3, -0.25) is 9.59 Å². The molecule has 0 bridgehead atoms. The van der Waals surface area contributed by atoms with Crippen LogP contribution in [-0.2, 0) is 0 Å². The van der Waals surface area contributed by atoms with Crippen molar-refractivity contribution < 1.29 is 14.3 Å². The van der Waals surface area contributed by atoms with Crippen LogP contribution < -0.4 is 20.3 Å². The quantitative estimate of drug-likeness (QED) is 0.897. The van der Waals surface area contributed by atoms with Gasteiger partial charge in [-0.2, -0.15) is 5.10 Å². The van der Waals surface area contributed by atoms with Crippen molar-refractivity contribution in [2.75, 3.05) is 13.2 Å². The molecule has 1 aliphatic heterocycles. The Kier molecular flexibility index (Phi) is 4.83. The highest BCUT2D eigenvalue weighted by Gasteiger charge is 2.27. The number of carbonyl (C=O) groups is 1. The maximum Gasteiger partial charge on any atom is 0.267 e. The highest BCUT2D eigenvalue weighted by Crippen LogP contribution is 2.34. The molecule has 1 saturated carbocycles. The van der Waals surface area contributed by atoms with Gasteiger partial charge in [-0.15, -0.1) is 0 Å². The van der Waals surface area contributed by atoms with Crippen LogP contribution in [0.2, 0.25) is 0 Å². The van der Waals surface area contributed by atoms with Gasteiger partial charge < -0.3 is 14.8 Å². The number of nitrogens with zero attached hydrogens (tertiary/aromatic N) is 2. The number of hydrogen-bond acceptors (Lipinski definition) is 5. The minimum atomic E-state index is -0.147. The molecule has 0 radical (unpaired) electrons. The first-order valence-corrected chi connectivity index (χ1v) is 9.38. The number of amides is 1. The zero-order valence-electron chi connectivity index (χ0n) is 15.3. The maximum absolute atomic E-state index is 12.7. The summed E-state index contributed by atoms with van der Waals surface area (Å²) in [6, 6.07) is 8.83. The minimum absolute atomic E-state index is 0.0684. The van der Waals surface area contributed by atoms with Crippen molar-refractivity contribution in [3.05, 3.63) is 51.9 Å². The molecule has 0 unspecified atom stereocenters. The van der Waals surface area contributed by atoms with Crippen molar-refractivity contribution in [1.82, 2.24) is 15.1 Å². The lowest BCUT2D eigenvalue weighted by Crippen LogP contribution is -2.40. The molecule has 0 spiro atoms. The predicted molar refractivity (Wildman–Crippen MR) is 99.4 cm³/mol. The number of para-hydroxylation sites is 1. The van der Waals surface area contributed by atoms with Gasteiger partial charge in [0, 0.05) is 12.1 Å². The summed E-state index contributed by atoms with van der Waals surface area (Å²) in [6.07, 6.45) is 3.25. The maximum atomic E-state index is 12.7. The van der Waals surface area contributed by atoms with Crippen molar-refractivity contribution in [2.45, 2.75) is 44.7 Å². The summed E-state index contributed by atoms with van der Waals surface area (Å²) in [5, 5.41) is 7.47. The second-order valence-corrected chi connectivity index (χ2v) is 7.07. The summed E-state index contributed by atoms with van der Waals surface area (Å²) < 4.78 is 12.8. The van der Waals surface area contributed by atoms with Crippen LogP contribution in [0.15, 0.2) is 35.1 Å².